The largest absolute Gasteiger partial charge is 0.453 e. The van der Waals surface area contributed by atoms with Crippen molar-refractivity contribution in [3.8, 4) is 33.6 Å². The number of fused-ring (bicyclic) bond motifs is 3. The molecule has 7 atom stereocenters. The minimum atomic E-state index is -0.876. The molecule has 4 fully saturated rings. The molecule has 14 heteroatoms. The number of benzene rings is 3. The second-order valence-corrected chi connectivity index (χ2v) is 17.9. The highest BCUT2D eigenvalue weighted by molar-refractivity contribution is 5.91. The van der Waals surface area contributed by atoms with Crippen LogP contribution in [0, 0.1) is 17.3 Å². The Morgan fingerprint density at radius 3 is 2.11 bits per heavy atom. The van der Waals surface area contributed by atoms with Gasteiger partial charge in [-0.3, -0.25) is 9.69 Å². The predicted molar refractivity (Wildman–Crippen MR) is 231 cm³/mol. The number of rotatable bonds is 12. The summed E-state index contributed by atoms with van der Waals surface area (Å²) in [5.41, 5.74) is 6.19. The van der Waals surface area contributed by atoms with Gasteiger partial charge in [-0.15, -0.1) is 0 Å². The molecule has 1 unspecified atom stereocenters. The zero-order valence-corrected chi connectivity index (χ0v) is 35.5. The number of methoxy groups -OCH3 is 2. The van der Waals surface area contributed by atoms with Gasteiger partial charge >= 0.3 is 12.2 Å². The highest BCUT2D eigenvalue weighted by atomic mass is 16.5. The van der Waals surface area contributed by atoms with Crippen molar-refractivity contribution in [1.82, 2.24) is 40.4 Å². The van der Waals surface area contributed by atoms with Crippen LogP contribution in [0.1, 0.15) is 89.4 Å². The number of amides is 3. The lowest BCUT2D eigenvalue weighted by atomic mass is 9.95. The molecule has 2 bridgehead atoms. The van der Waals surface area contributed by atoms with Crippen LogP contribution in [0.3, 0.4) is 0 Å². The summed E-state index contributed by atoms with van der Waals surface area (Å²) >= 11 is 0. The monoisotopic (exact) mass is 828 g/mol. The third kappa shape index (κ3) is 7.76. The van der Waals surface area contributed by atoms with E-state index in [9.17, 15) is 19.5 Å². The molecule has 14 nitrogen and oxygen atoms in total. The summed E-state index contributed by atoms with van der Waals surface area (Å²) in [7, 11) is 2.64. The second-order valence-electron chi connectivity index (χ2n) is 17.9. The Hall–Kier alpha value is -5.73. The second kappa shape index (κ2) is 16.3. The van der Waals surface area contributed by atoms with E-state index < -0.39 is 30.5 Å². The van der Waals surface area contributed by atoms with E-state index in [0.29, 0.717) is 18.9 Å². The van der Waals surface area contributed by atoms with E-state index in [1.165, 1.54) is 14.2 Å². The number of hydrogen-bond acceptors (Lipinski definition) is 9. The van der Waals surface area contributed by atoms with Gasteiger partial charge in [-0.05, 0) is 102 Å². The quantitative estimate of drug-likeness (QED) is 0.0843. The smallest absolute Gasteiger partial charge is 0.407 e. The number of nitrogens with one attached hydrogen (secondary N) is 4. The topological polar surface area (TPSA) is 178 Å². The van der Waals surface area contributed by atoms with Gasteiger partial charge in [0, 0.05) is 18.2 Å². The summed E-state index contributed by atoms with van der Waals surface area (Å²) in [5.74, 6) is 1.87. The molecule has 1 spiro atoms. The number of nitrogens with zero attached hydrogens (tertiary/aromatic N) is 4. The van der Waals surface area contributed by atoms with Gasteiger partial charge in [0.05, 0.1) is 56.1 Å². The van der Waals surface area contributed by atoms with Crippen LogP contribution >= 0.6 is 0 Å². The highest BCUT2D eigenvalue weighted by Gasteiger charge is 2.55. The predicted octanol–water partition coefficient (Wildman–Crippen LogP) is 7.70. The van der Waals surface area contributed by atoms with Crippen molar-refractivity contribution in [3.05, 3.63) is 84.7 Å². The lowest BCUT2D eigenvalue weighted by Crippen LogP contribution is -2.56. The Balaban J connectivity index is 0.890. The molecule has 5 N–H and O–H groups in total. The molecule has 9 rings (SSSR count). The van der Waals surface area contributed by atoms with Crippen LogP contribution in [-0.4, -0.2) is 98.1 Å². The summed E-state index contributed by atoms with van der Waals surface area (Å²) in [6.45, 7) is 6.54. The fraction of sp³-hybridized carbons (Fsp3) is 0.468. The number of aromatic amines is 2. The molecule has 5 aromatic rings. The molecule has 2 saturated carbocycles. The number of H-pyrrole nitrogens is 2. The number of carbonyl (C=O) groups is 3. The number of aliphatic hydroxyl groups is 1. The first-order valence-corrected chi connectivity index (χ1v) is 21.7. The summed E-state index contributed by atoms with van der Waals surface area (Å²) in [6.07, 6.45) is 8.31. The van der Waals surface area contributed by atoms with Crippen LogP contribution in [0.25, 0.3) is 44.4 Å². The Kier molecular flexibility index (Phi) is 10.9. The molecule has 4 aliphatic rings. The molecule has 2 aliphatic carbocycles. The molecular formula is C47H56N8O6. The van der Waals surface area contributed by atoms with E-state index in [4.69, 9.17) is 19.4 Å². The van der Waals surface area contributed by atoms with Crippen LogP contribution in [-0.2, 0) is 14.3 Å². The van der Waals surface area contributed by atoms with E-state index in [-0.39, 0.29) is 35.4 Å². The van der Waals surface area contributed by atoms with Crippen molar-refractivity contribution in [1.29, 1.82) is 0 Å². The first kappa shape index (κ1) is 40.7. The zero-order chi connectivity index (χ0) is 42.6. The van der Waals surface area contributed by atoms with Crippen LogP contribution < -0.4 is 10.6 Å². The van der Waals surface area contributed by atoms with E-state index in [1.807, 2.05) is 38.1 Å². The highest BCUT2D eigenvalue weighted by Crippen LogP contribution is 2.58. The maximum Gasteiger partial charge on any atom is 0.407 e. The van der Waals surface area contributed by atoms with Gasteiger partial charge in [0.2, 0.25) is 5.91 Å². The van der Waals surface area contributed by atoms with Gasteiger partial charge in [-0.1, -0.05) is 69.3 Å². The fourth-order valence-corrected chi connectivity index (χ4v) is 10.3. The minimum Gasteiger partial charge on any atom is -0.453 e. The van der Waals surface area contributed by atoms with E-state index in [2.05, 4.69) is 86.2 Å². The fourth-order valence-electron chi connectivity index (χ4n) is 10.3. The summed E-state index contributed by atoms with van der Waals surface area (Å²) < 4.78 is 9.65. The molecule has 3 amide bonds. The Labute approximate surface area is 355 Å². The lowest BCUT2D eigenvalue weighted by molar-refractivity contribution is -0.134. The van der Waals surface area contributed by atoms with Crippen molar-refractivity contribution < 1.29 is 29.0 Å². The average Bonchev–Trinajstić information content (AvgIpc) is 3.91. The molecule has 61 heavy (non-hydrogen) atoms. The van der Waals surface area contributed by atoms with E-state index in [1.54, 1.807) is 0 Å². The molecule has 2 aromatic heterocycles. The maximum atomic E-state index is 13.7. The standard InChI is InChI=1S/C47H56N8O6/c1-6-35(52-45(58)60-4)43(56)54-25-47(17-18-47)22-38(54)41-48-24-37(50-41)32-14-13-30-19-29(11-12-31(30)20-32)27-7-9-28(10-8-27)36-23-49-42(51-36)40-33-15-16-34(21-33)55(40)44(57)39(26(2)3)53-46(59)61-5/h7-14,19-20,23-24,26,33-35,38-40,44,57H,6,15-18,21-22,25H2,1-5H3,(H,48,50)(H,49,51)(H,52,58)(H,53,59)/t33-,34+,35-,38-,39-,40-,44?/m0/s1. The molecule has 2 saturated heterocycles. The van der Waals surface area contributed by atoms with E-state index in [0.717, 1.165) is 94.6 Å². The molecular weight excluding hydrogens is 773 g/mol. The van der Waals surface area contributed by atoms with Crippen molar-refractivity contribution >= 4 is 28.9 Å². The average molecular weight is 829 g/mol. The number of hydrogen-bond donors (Lipinski definition) is 5. The number of aliphatic hydroxyl groups excluding tert-OH is 1. The van der Waals surface area contributed by atoms with Crippen molar-refractivity contribution in [2.45, 2.75) is 102 Å². The van der Waals surface area contributed by atoms with Crippen molar-refractivity contribution in [2.75, 3.05) is 20.8 Å². The molecule has 3 aromatic carbocycles. The van der Waals surface area contributed by atoms with Crippen molar-refractivity contribution in [2.24, 2.45) is 17.3 Å². The Bertz CT molecular complexity index is 2420. The number of aromatic nitrogens is 4. The van der Waals surface area contributed by atoms with Gasteiger partial charge in [-0.25, -0.2) is 19.6 Å². The van der Waals surface area contributed by atoms with Crippen LogP contribution in [0.2, 0.25) is 0 Å². The number of likely N-dealkylation sites (tertiary alicyclic amines) is 2. The van der Waals surface area contributed by atoms with E-state index >= 15 is 0 Å². The van der Waals surface area contributed by atoms with Gasteiger partial charge in [0.25, 0.3) is 0 Å². The molecule has 4 heterocycles. The number of carbonyl (C=O) groups excluding carboxylic acids is 3. The number of ether oxygens (including phenoxy) is 2. The number of imidazole rings is 2. The number of piperidine rings is 1. The SMILES string of the molecule is CC[C@H](NC(=O)OC)C(=O)N1CC2(CC2)C[C@H]1c1ncc(-c2ccc3cc(-c4ccc(-c5cnc([C@@H]6[C@H]7CC[C@H](C7)N6C(O)[C@@H](NC(=O)OC)C(C)C)[nH]5)cc4)ccc3c2)[nH]1. The Morgan fingerprint density at radius 1 is 0.836 bits per heavy atom. The summed E-state index contributed by atoms with van der Waals surface area (Å²) in [4.78, 5) is 58.7. The molecule has 2 aliphatic heterocycles. The first-order valence-electron chi connectivity index (χ1n) is 21.7. The van der Waals surface area contributed by atoms with Gasteiger partial charge in [0.1, 0.15) is 23.9 Å². The van der Waals surface area contributed by atoms with Crippen LogP contribution in [0.4, 0.5) is 9.59 Å². The zero-order valence-electron chi connectivity index (χ0n) is 35.5. The molecule has 320 valence electrons. The van der Waals surface area contributed by atoms with Gasteiger partial charge in [0.15, 0.2) is 0 Å². The maximum absolute atomic E-state index is 13.7. The van der Waals surface area contributed by atoms with Gasteiger partial charge < -0.3 is 40.1 Å². The van der Waals surface area contributed by atoms with Crippen LogP contribution in [0.15, 0.2) is 73.1 Å². The van der Waals surface area contributed by atoms with Gasteiger partial charge in [-0.2, -0.15) is 0 Å². The summed E-state index contributed by atoms with van der Waals surface area (Å²) in [5, 5.41) is 19.5. The first-order chi connectivity index (χ1) is 29.5. The van der Waals surface area contributed by atoms with Crippen molar-refractivity contribution in [3.63, 3.8) is 0 Å². The van der Waals surface area contributed by atoms with Crippen LogP contribution in [0.5, 0.6) is 0 Å². The normalized spacial score (nSPS) is 23.0. The molecule has 0 radical (unpaired) electrons. The minimum absolute atomic E-state index is 0.000636. The third-order valence-corrected chi connectivity index (χ3v) is 13.8. The third-order valence-electron chi connectivity index (χ3n) is 13.8. The number of alkyl carbamates (subject to hydrolysis) is 2. The lowest BCUT2D eigenvalue weighted by Gasteiger charge is -2.41. The summed E-state index contributed by atoms with van der Waals surface area (Å²) in [6, 6.07) is 20.2. The Morgan fingerprint density at radius 2 is 1.44 bits per heavy atom.